The summed E-state index contributed by atoms with van der Waals surface area (Å²) in [4.78, 5) is 27.5. The molecular formula is C28H31N3O3. The minimum atomic E-state index is -0.126. The molecule has 176 valence electrons. The van der Waals surface area contributed by atoms with Gasteiger partial charge in [0.2, 0.25) is 5.91 Å². The predicted octanol–water partition coefficient (Wildman–Crippen LogP) is 3.74. The standard InChI is InChI=1S/C28H31N3O3/c32-26-12-11-21-13-15-29-27(33)20-31(19-22-7-2-1-3-8-22)16-5-4-14-30-28(34)24-10-6-9-23(18-24)25(26)17-21/h1-3,6-12,17-18,32H,4-5,13-16,19-20H2,(H,29,33)(H,30,34). The second kappa shape index (κ2) is 11.5. The van der Waals surface area contributed by atoms with Gasteiger partial charge in [-0.3, -0.25) is 14.5 Å². The number of phenolic OH excluding ortho intramolecular Hbond substituents is 1. The zero-order chi connectivity index (χ0) is 23.8. The van der Waals surface area contributed by atoms with Gasteiger partial charge in [0, 0.05) is 30.8 Å². The fraction of sp³-hybridized carbons (Fsp3) is 0.286. The molecule has 4 rings (SSSR count). The van der Waals surface area contributed by atoms with Crippen LogP contribution in [0.2, 0.25) is 0 Å². The Labute approximate surface area is 200 Å². The molecule has 3 aromatic rings. The number of fused-ring (bicyclic) bond motifs is 5. The quantitative estimate of drug-likeness (QED) is 0.548. The van der Waals surface area contributed by atoms with Crippen LogP contribution < -0.4 is 10.6 Å². The normalized spacial score (nSPS) is 16.1. The number of nitrogens with zero attached hydrogens (tertiary/aromatic N) is 1. The number of amides is 2. The summed E-state index contributed by atoms with van der Waals surface area (Å²) in [6.07, 6.45) is 2.35. The van der Waals surface area contributed by atoms with Gasteiger partial charge in [-0.05, 0) is 66.8 Å². The first-order valence-electron chi connectivity index (χ1n) is 11.8. The van der Waals surface area contributed by atoms with E-state index in [4.69, 9.17) is 0 Å². The molecule has 0 unspecified atom stereocenters. The zero-order valence-electron chi connectivity index (χ0n) is 19.3. The van der Waals surface area contributed by atoms with E-state index in [0.717, 1.165) is 30.5 Å². The van der Waals surface area contributed by atoms with Crippen LogP contribution in [0.15, 0.2) is 72.8 Å². The van der Waals surface area contributed by atoms with Crippen molar-refractivity contribution < 1.29 is 14.7 Å². The van der Waals surface area contributed by atoms with Crippen molar-refractivity contribution in [2.75, 3.05) is 26.2 Å². The zero-order valence-corrected chi connectivity index (χ0v) is 19.3. The van der Waals surface area contributed by atoms with Gasteiger partial charge in [-0.15, -0.1) is 0 Å². The number of aromatic hydroxyl groups is 1. The molecule has 3 aromatic carbocycles. The maximum atomic E-state index is 12.7. The summed E-state index contributed by atoms with van der Waals surface area (Å²) in [5.74, 6) is 0.0347. The van der Waals surface area contributed by atoms with Crippen LogP contribution in [0.3, 0.4) is 0 Å². The highest BCUT2D eigenvalue weighted by Crippen LogP contribution is 2.30. The number of carbonyl (C=O) groups excluding carboxylic acids is 2. The first-order valence-corrected chi connectivity index (χ1v) is 11.8. The smallest absolute Gasteiger partial charge is 0.251 e. The molecule has 0 aliphatic carbocycles. The molecule has 6 heteroatoms. The molecule has 0 spiro atoms. The first kappa shape index (κ1) is 23.5. The fourth-order valence-corrected chi connectivity index (χ4v) is 4.22. The van der Waals surface area contributed by atoms with Gasteiger partial charge < -0.3 is 15.7 Å². The van der Waals surface area contributed by atoms with Crippen LogP contribution in [0, 0.1) is 0 Å². The Balaban J connectivity index is 1.52. The molecule has 3 N–H and O–H groups in total. The summed E-state index contributed by atoms with van der Waals surface area (Å²) in [6, 6.07) is 22.9. The van der Waals surface area contributed by atoms with Crippen molar-refractivity contribution in [2.24, 2.45) is 0 Å². The Morgan fingerprint density at radius 2 is 1.65 bits per heavy atom. The number of rotatable bonds is 2. The van der Waals surface area contributed by atoms with Gasteiger partial charge in [-0.1, -0.05) is 48.5 Å². The van der Waals surface area contributed by atoms with E-state index in [-0.39, 0.29) is 17.6 Å². The van der Waals surface area contributed by atoms with E-state index in [9.17, 15) is 14.7 Å². The highest BCUT2D eigenvalue weighted by Gasteiger charge is 2.14. The van der Waals surface area contributed by atoms with Crippen molar-refractivity contribution in [1.82, 2.24) is 15.5 Å². The Morgan fingerprint density at radius 1 is 0.824 bits per heavy atom. The molecule has 0 radical (unpaired) electrons. The Hall–Kier alpha value is -3.64. The average Bonchev–Trinajstić information content (AvgIpc) is 2.85. The van der Waals surface area contributed by atoms with Gasteiger partial charge in [0.15, 0.2) is 0 Å². The second-order valence-corrected chi connectivity index (χ2v) is 8.69. The third-order valence-corrected chi connectivity index (χ3v) is 6.04. The van der Waals surface area contributed by atoms with Gasteiger partial charge in [-0.25, -0.2) is 0 Å². The largest absolute Gasteiger partial charge is 0.507 e. The van der Waals surface area contributed by atoms with E-state index in [2.05, 4.69) is 27.7 Å². The SMILES string of the molecule is O=C1CN(Cc2ccccc2)CCCCNC(=O)c2cccc(c2)-c2cc(ccc2O)CCN1. The van der Waals surface area contributed by atoms with Crippen molar-refractivity contribution in [3.63, 3.8) is 0 Å². The number of nitrogens with one attached hydrogen (secondary N) is 2. The molecule has 6 nitrogen and oxygen atoms in total. The van der Waals surface area contributed by atoms with Crippen molar-refractivity contribution in [3.05, 3.63) is 89.5 Å². The average molecular weight is 458 g/mol. The first-order chi connectivity index (χ1) is 16.6. The number of carbonyl (C=O) groups is 2. The summed E-state index contributed by atoms with van der Waals surface area (Å²) in [5, 5.41) is 16.5. The van der Waals surface area contributed by atoms with Gasteiger partial charge in [0.05, 0.1) is 6.54 Å². The van der Waals surface area contributed by atoms with Gasteiger partial charge in [0.25, 0.3) is 5.91 Å². The van der Waals surface area contributed by atoms with E-state index in [0.29, 0.717) is 43.7 Å². The Morgan fingerprint density at radius 3 is 2.50 bits per heavy atom. The molecule has 1 heterocycles. The van der Waals surface area contributed by atoms with E-state index in [1.165, 1.54) is 5.56 Å². The van der Waals surface area contributed by atoms with Crippen molar-refractivity contribution >= 4 is 11.8 Å². The van der Waals surface area contributed by atoms with E-state index in [1.54, 1.807) is 18.2 Å². The van der Waals surface area contributed by atoms with Crippen LogP contribution in [0.1, 0.15) is 34.3 Å². The van der Waals surface area contributed by atoms with Crippen molar-refractivity contribution in [3.8, 4) is 16.9 Å². The summed E-state index contributed by atoms with van der Waals surface area (Å²) < 4.78 is 0. The third kappa shape index (κ3) is 6.45. The van der Waals surface area contributed by atoms with Crippen LogP contribution in [-0.4, -0.2) is 48.0 Å². The summed E-state index contributed by atoms with van der Waals surface area (Å²) >= 11 is 0. The van der Waals surface area contributed by atoms with Crippen molar-refractivity contribution in [2.45, 2.75) is 25.8 Å². The molecule has 34 heavy (non-hydrogen) atoms. The van der Waals surface area contributed by atoms with Crippen LogP contribution in [0.5, 0.6) is 5.75 Å². The number of phenols is 1. The highest BCUT2D eigenvalue weighted by atomic mass is 16.3. The molecule has 4 bridgehead atoms. The molecule has 0 fully saturated rings. The minimum Gasteiger partial charge on any atom is -0.507 e. The monoisotopic (exact) mass is 457 g/mol. The van der Waals surface area contributed by atoms with E-state index in [1.807, 2.05) is 42.5 Å². The predicted molar refractivity (Wildman–Crippen MR) is 134 cm³/mol. The number of benzene rings is 3. The molecular weight excluding hydrogens is 426 g/mol. The highest BCUT2D eigenvalue weighted by molar-refractivity contribution is 5.95. The third-order valence-electron chi connectivity index (χ3n) is 6.04. The van der Waals surface area contributed by atoms with Crippen LogP contribution in [0.25, 0.3) is 11.1 Å². The molecule has 0 saturated carbocycles. The molecule has 0 saturated heterocycles. The van der Waals surface area contributed by atoms with Gasteiger partial charge in [-0.2, -0.15) is 0 Å². The summed E-state index contributed by atoms with van der Waals surface area (Å²) in [5.41, 5.74) is 4.20. The molecule has 2 amide bonds. The molecule has 0 aromatic heterocycles. The molecule has 1 aliphatic rings. The number of hydrogen-bond acceptors (Lipinski definition) is 4. The van der Waals surface area contributed by atoms with Gasteiger partial charge in [0.1, 0.15) is 5.75 Å². The number of hydrogen-bond donors (Lipinski definition) is 3. The van der Waals surface area contributed by atoms with Crippen LogP contribution in [-0.2, 0) is 17.8 Å². The van der Waals surface area contributed by atoms with E-state index >= 15 is 0 Å². The van der Waals surface area contributed by atoms with Gasteiger partial charge >= 0.3 is 0 Å². The second-order valence-electron chi connectivity index (χ2n) is 8.69. The molecule has 1 aliphatic heterocycles. The lowest BCUT2D eigenvalue weighted by atomic mass is 9.98. The fourth-order valence-electron chi connectivity index (χ4n) is 4.22. The topological polar surface area (TPSA) is 81.7 Å². The maximum Gasteiger partial charge on any atom is 0.251 e. The van der Waals surface area contributed by atoms with Crippen LogP contribution >= 0.6 is 0 Å². The minimum absolute atomic E-state index is 0.00273. The lowest BCUT2D eigenvalue weighted by Gasteiger charge is -2.22. The van der Waals surface area contributed by atoms with Crippen molar-refractivity contribution in [1.29, 1.82) is 0 Å². The maximum absolute atomic E-state index is 12.7. The summed E-state index contributed by atoms with van der Waals surface area (Å²) in [6.45, 7) is 2.89. The molecule has 0 atom stereocenters. The Bertz CT molecular complexity index is 1130. The van der Waals surface area contributed by atoms with E-state index < -0.39 is 0 Å². The lowest BCUT2D eigenvalue weighted by molar-refractivity contribution is -0.122. The summed E-state index contributed by atoms with van der Waals surface area (Å²) in [7, 11) is 0. The Kier molecular flexibility index (Phi) is 7.94. The lowest BCUT2D eigenvalue weighted by Crippen LogP contribution is -2.38. The van der Waals surface area contributed by atoms with Crippen LogP contribution in [0.4, 0.5) is 0 Å².